The molecule has 22 heavy (non-hydrogen) atoms. The maximum absolute atomic E-state index is 12.4. The topological polar surface area (TPSA) is 58.2 Å². The lowest BCUT2D eigenvalue weighted by molar-refractivity contribution is -0.0435. The Morgan fingerprint density at radius 2 is 2.27 bits per heavy atom. The molecule has 0 aromatic carbocycles. The van der Waals surface area contributed by atoms with Gasteiger partial charge in [0.2, 0.25) is 0 Å². The number of hydrogen-bond donors (Lipinski definition) is 1. The molecule has 0 spiro atoms. The van der Waals surface area contributed by atoms with E-state index in [9.17, 15) is 4.79 Å². The molecule has 0 saturated carbocycles. The van der Waals surface area contributed by atoms with E-state index in [1.54, 1.807) is 11.3 Å². The van der Waals surface area contributed by atoms with Crippen molar-refractivity contribution in [1.29, 1.82) is 0 Å². The third-order valence-corrected chi connectivity index (χ3v) is 5.73. The van der Waals surface area contributed by atoms with E-state index in [4.69, 9.17) is 9.72 Å². The average Bonchev–Trinajstić information content (AvgIpc) is 2.81. The van der Waals surface area contributed by atoms with Gasteiger partial charge in [0, 0.05) is 18.0 Å². The molecule has 3 rings (SSSR count). The van der Waals surface area contributed by atoms with Crippen molar-refractivity contribution >= 4 is 21.6 Å². The number of aryl methyl sites for hydroxylation is 2. The van der Waals surface area contributed by atoms with E-state index in [1.165, 1.54) is 0 Å². The predicted octanol–water partition coefficient (Wildman–Crippen LogP) is 2.77. The zero-order chi connectivity index (χ0) is 15.9. The molecule has 1 aliphatic heterocycles. The fourth-order valence-corrected chi connectivity index (χ4v) is 4.02. The second-order valence-electron chi connectivity index (χ2n) is 5.99. The van der Waals surface area contributed by atoms with Crippen molar-refractivity contribution in [2.45, 2.75) is 46.3 Å². The second kappa shape index (κ2) is 6.10. The van der Waals surface area contributed by atoms with Crippen LogP contribution in [-0.4, -0.2) is 40.7 Å². The number of thiophene rings is 1. The summed E-state index contributed by atoms with van der Waals surface area (Å²) >= 11 is 1.60. The van der Waals surface area contributed by atoms with E-state index < -0.39 is 0 Å². The quantitative estimate of drug-likeness (QED) is 0.944. The molecule has 1 saturated heterocycles. The highest BCUT2D eigenvalue weighted by Gasteiger charge is 2.26. The van der Waals surface area contributed by atoms with E-state index in [0.29, 0.717) is 0 Å². The van der Waals surface area contributed by atoms with Crippen LogP contribution in [0.2, 0.25) is 0 Å². The first-order valence-corrected chi connectivity index (χ1v) is 8.68. The monoisotopic (exact) mass is 321 g/mol. The highest BCUT2D eigenvalue weighted by molar-refractivity contribution is 7.18. The molecule has 1 aliphatic rings. The van der Waals surface area contributed by atoms with Crippen LogP contribution < -0.4 is 5.56 Å². The molecular weight excluding hydrogens is 298 g/mol. The molecule has 5 nitrogen and oxygen atoms in total. The SMILES string of the molecule is CC[C@H]1CN([C@@H](C)c2nc3sc(C)c(C)c3c(=O)[nH]2)CCO1. The molecular formula is C16H23N3O2S. The molecule has 2 aromatic rings. The van der Waals surface area contributed by atoms with Crippen molar-refractivity contribution in [3.8, 4) is 0 Å². The Labute approximate surface area is 134 Å². The number of fused-ring (bicyclic) bond motifs is 1. The first-order chi connectivity index (χ1) is 10.5. The van der Waals surface area contributed by atoms with Crippen molar-refractivity contribution in [3.05, 3.63) is 26.6 Å². The maximum Gasteiger partial charge on any atom is 0.259 e. The van der Waals surface area contributed by atoms with Gasteiger partial charge in [-0.1, -0.05) is 6.92 Å². The van der Waals surface area contributed by atoms with Gasteiger partial charge in [-0.2, -0.15) is 0 Å². The van der Waals surface area contributed by atoms with Crippen LogP contribution in [0.5, 0.6) is 0 Å². The zero-order valence-corrected chi connectivity index (χ0v) is 14.4. The van der Waals surface area contributed by atoms with Gasteiger partial charge in [-0.15, -0.1) is 11.3 Å². The Morgan fingerprint density at radius 3 is 3.00 bits per heavy atom. The third kappa shape index (κ3) is 2.71. The molecule has 0 bridgehead atoms. The van der Waals surface area contributed by atoms with Crippen molar-refractivity contribution in [3.63, 3.8) is 0 Å². The molecule has 0 unspecified atom stereocenters. The van der Waals surface area contributed by atoms with E-state index in [1.807, 2.05) is 13.8 Å². The summed E-state index contributed by atoms with van der Waals surface area (Å²) < 4.78 is 5.72. The number of aromatic amines is 1. The van der Waals surface area contributed by atoms with Gasteiger partial charge in [0.05, 0.1) is 24.1 Å². The van der Waals surface area contributed by atoms with Gasteiger partial charge in [-0.05, 0) is 32.8 Å². The lowest BCUT2D eigenvalue weighted by Crippen LogP contribution is -2.43. The molecule has 120 valence electrons. The molecule has 0 radical (unpaired) electrons. The summed E-state index contributed by atoms with van der Waals surface area (Å²) in [6.45, 7) is 10.8. The normalized spacial score (nSPS) is 21.4. The largest absolute Gasteiger partial charge is 0.376 e. The number of H-pyrrole nitrogens is 1. The molecule has 2 atom stereocenters. The number of aromatic nitrogens is 2. The van der Waals surface area contributed by atoms with E-state index in [2.05, 4.69) is 23.7 Å². The smallest absolute Gasteiger partial charge is 0.259 e. The van der Waals surface area contributed by atoms with Crippen LogP contribution in [0, 0.1) is 13.8 Å². The van der Waals surface area contributed by atoms with E-state index >= 15 is 0 Å². The Bertz CT molecular complexity index is 737. The summed E-state index contributed by atoms with van der Waals surface area (Å²) in [6.07, 6.45) is 1.29. The first kappa shape index (κ1) is 15.6. The summed E-state index contributed by atoms with van der Waals surface area (Å²) in [6, 6.07) is 0.0952. The summed E-state index contributed by atoms with van der Waals surface area (Å²) in [7, 11) is 0. The van der Waals surface area contributed by atoms with Gasteiger partial charge in [-0.25, -0.2) is 4.98 Å². The van der Waals surface area contributed by atoms with Crippen molar-refractivity contribution in [1.82, 2.24) is 14.9 Å². The number of nitrogens with zero attached hydrogens (tertiary/aromatic N) is 2. The minimum atomic E-state index is -0.0194. The van der Waals surface area contributed by atoms with Crippen LogP contribution in [0.1, 0.15) is 42.6 Å². The Morgan fingerprint density at radius 1 is 1.50 bits per heavy atom. The third-order valence-electron chi connectivity index (χ3n) is 4.63. The van der Waals surface area contributed by atoms with E-state index in [-0.39, 0.29) is 17.7 Å². The fourth-order valence-electron chi connectivity index (χ4n) is 2.98. The Balaban J connectivity index is 1.94. The molecule has 1 N–H and O–H groups in total. The van der Waals surface area contributed by atoms with Crippen molar-refractivity contribution in [2.24, 2.45) is 0 Å². The van der Waals surface area contributed by atoms with Gasteiger partial charge in [0.15, 0.2) is 0 Å². The van der Waals surface area contributed by atoms with Gasteiger partial charge in [0.25, 0.3) is 5.56 Å². The van der Waals surface area contributed by atoms with Gasteiger partial charge in [0.1, 0.15) is 10.7 Å². The fraction of sp³-hybridized carbons (Fsp3) is 0.625. The van der Waals surface area contributed by atoms with Gasteiger partial charge in [-0.3, -0.25) is 9.69 Å². The highest BCUT2D eigenvalue weighted by Crippen LogP contribution is 2.28. The first-order valence-electron chi connectivity index (χ1n) is 7.86. The van der Waals surface area contributed by atoms with Crippen LogP contribution in [0.15, 0.2) is 4.79 Å². The maximum atomic E-state index is 12.4. The predicted molar refractivity (Wildman–Crippen MR) is 89.7 cm³/mol. The second-order valence-corrected chi connectivity index (χ2v) is 7.19. The summed E-state index contributed by atoms with van der Waals surface area (Å²) in [4.78, 5) is 24.5. The molecule has 2 aromatic heterocycles. The van der Waals surface area contributed by atoms with Gasteiger partial charge >= 0.3 is 0 Å². The zero-order valence-electron chi connectivity index (χ0n) is 13.6. The summed E-state index contributed by atoms with van der Waals surface area (Å²) in [5.74, 6) is 0.760. The summed E-state index contributed by atoms with van der Waals surface area (Å²) in [5, 5.41) is 0.742. The van der Waals surface area contributed by atoms with Gasteiger partial charge < -0.3 is 9.72 Å². The number of nitrogens with one attached hydrogen (secondary N) is 1. The number of hydrogen-bond acceptors (Lipinski definition) is 5. The van der Waals surface area contributed by atoms with E-state index in [0.717, 1.165) is 52.6 Å². The molecule has 0 aliphatic carbocycles. The summed E-state index contributed by atoms with van der Waals surface area (Å²) in [5.41, 5.74) is 1.03. The average molecular weight is 321 g/mol. The van der Waals surface area contributed by atoms with Crippen LogP contribution in [0.4, 0.5) is 0 Å². The van der Waals surface area contributed by atoms with Crippen LogP contribution in [-0.2, 0) is 4.74 Å². The molecule has 6 heteroatoms. The van der Waals surface area contributed by atoms with Crippen LogP contribution in [0.3, 0.4) is 0 Å². The van der Waals surface area contributed by atoms with Crippen molar-refractivity contribution < 1.29 is 4.74 Å². The molecule has 3 heterocycles. The number of morpholine rings is 1. The van der Waals surface area contributed by atoms with Crippen LogP contribution >= 0.6 is 11.3 Å². The minimum Gasteiger partial charge on any atom is -0.376 e. The lowest BCUT2D eigenvalue weighted by Gasteiger charge is -2.36. The lowest BCUT2D eigenvalue weighted by atomic mass is 10.1. The molecule has 1 fully saturated rings. The standard InChI is InChI=1S/C16H23N3O2S/c1-5-12-8-19(6-7-21-12)10(3)14-17-15(20)13-9(2)11(4)22-16(13)18-14/h10,12H,5-8H2,1-4H3,(H,17,18,20)/t10-,12-/m0/s1. The highest BCUT2D eigenvalue weighted by atomic mass is 32.1. The minimum absolute atomic E-state index is 0.0194. The van der Waals surface area contributed by atoms with Crippen molar-refractivity contribution in [2.75, 3.05) is 19.7 Å². The molecule has 0 amide bonds. The Hall–Kier alpha value is -1.24. The number of rotatable bonds is 3. The van der Waals surface area contributed by atoms with Crippen LogP contribution in [0.25, 0.3) is 10.2 Å². The Kier molecular flexibility index (Phi) is 4.34. The number of ether oxygens (including phenoxy) is 1.